The average Bonchev–Trinajstić information content (AvgIpc) is 2.63. The van der Waals surface area contributed by atoms with Gasteiger partial charge >= 0.3 is 6.18 Å². The predicted molar refractivity (Wildman–Crippen MR) is 103 cm³/mol. The van der Waals surface area contributed by atoms with E-state index in [1.807, 2.05) is 6.92 Å². The molecule has 0 saturated heterocycles. The quantitative estimate of drug-likeness (QED) is 0.654. The minimum Gasteiger partial charge on any atom is -0.329 e. The van der Waals surface area contributed by atoms with Gasteiger partial charge in [-0.15, -0.1) is 0 Å². The summed E-state index contributed by atoms with van der Waals surface area (Å²) in [6.07, 6.45) is -3.92. The van der Waals surface area contributed by atoms with Crippen molar-refractivity contribution in [3.05, 3.63) is 63.6 Å². The van der Waals surface area contributed by atoms with Crippen LogP contribution in [0.3, 0.4) is 0 Å². The molecule has 0 fully saturated rings. The molecule has 0 unspecified atom stereocenters. The number of nitrogens with zero attached hydrogens (tertiary/aromatic N) is 1. The van der Waals surface area contributed by atoms with Gasteiger partial charge in [0.1, 0.15) is 6.54 Å². The maximum absolute atomic E-state index is 12.7. The fraction of sp³-hybridized carbons (Fsp3) is 0.263. The Kier molecular flexibility index (Phi) is 7.32. The summed E-state index contributed by atoms with van der Waals surface area (Å²) in [5.74, 6) is -1.04. The van der Waals surface area contributed by atoms with Crippen molar-refractivity contribution in [2.75, 3.05) is 18.4 Å². The molecule has 28 heavy (non-hydrogen) atoms. The Morgan fingerprint density at radius 2 is 1.71 bits per heavy atom. The molecular formula is C19H17Cl2F3N2O2. The highest BCUT2D eigenvalue weighted by molar-refractivity contribution is 6.35. The van der Waals surface area contributed by atoms with Crippen LogP contribution in [-0.2, 0) is 11.0 Å². The number of amides is 2. The van der Waals surface area contributed by atoms with E-state index in [0.717, 1.165) is 24.3 Å². The van der Waals surface area contributed by atoms with Crippen molar-refractivity contribution in [3.63, 3.8) is 0 Å². The van der Waals surface area contributed by atoms with Crippen molar-refractivity contribution in [3.8, 4) is 0 Å². The molecular weight excluding hydrogens is 416 g/mol. The first-order chi connectivity index (χ1) is 13.1. The fourth-order valence-electron chi connectivity index (χ4n) is 2.46. The van der Waals surface area contributed by atoms with E-state index in [1.165, 1.54) is 17.0 Å². The molecule has 0 aliphatic rings. The molecule has 2 aromatic carbocycles. The van der Waals surface area contributed by atoms with Crippen LogP contribution in [0.15, 0.2) is 42.5 Å². The van der Waals surface area contributed by atoms with Gasteiger partial charge in [-0.25, -0.2) is 0 Å². The number of halogens is 5. The van der Waals surface area contributed by atoms with Crippen molar-refractivity contribution in [1.82, 2.24) is 4.90 Å². The van der Waals surface area contributed by atoms with Crippen molar-refractivity contribution in [2.24, 2.45) is 0 Å². The van der Waals surface area contributed by atoms with E-state index in [2.05, 4.69) is 5.32 Å². The summed E-state index contributed by atoms with van der Waals surface area (Å²) in [4.78, 5) is 26.2. The second-order valence-electron chi connectivity index (χ2n) is 5.97. The number of rotatable bonds is 6. The molecule has 9 heteroatoms. The van der Waals surface area contributed by atoms with Gasteiger partial charge in [0.15, 0.2) is 0 Å². The summed E-state index contributed by atoms with van der Waals surface area (Å²) in [7, 11) is 0. The van der Waals surface area contributed by atoms with E-state index in [1.54, 1.807) is 6.07 Å². The number of hydrogen-bond acceptors (Lipinski definition) is 2. The molecule has 4 nitrogen and oxygen atoms in total. The lowest BCUT2D eigenvalue weighted by molar-refractivity contribution is -0.137. The Morgan fingerprint density at radius 3 is 2.29 bits per heavy atom. The number of carbonyl (C=O) groups is 2. The molecule has 0 atom stereocenters. The monoisotopic (exact) mass is 432 g/mol. The molecule has 2 rings (SSSR count). The normalized spacial score (nSPS) is 11.2. The molecule has 0 aliphatic carbocycles. The molecule has 2 amide bonds. The van der Waals surface area contributed by atoms with Gasteiger partial charge in [-0.2, -0.15) is 13.2 Å². The van der Waals surface area contributed by atoms with Crippen molar-refractivity contribution in [2.45, 2.75) is 19.5 Å². The Labute approximate surface area is 170 Å². The molecule has 0 spiro atoms. The minimum absolute atomic E-state index is 0.0648. The first-order valence-corrected chi connectivity index (χ1v) is 9.09. The van der Waals surface area contributed by atoms with Crippen molar-refractivity contribution >= 4 is 40.7 Å². The maximum Gasteiger partial charge on any atom is 0.416 e. The zero-order valence-electron chi connectivity index (χ0n) is 14.8. The van der Waals surface area contributed by atoms with Gasteiger partial charge in [0.25, 0.3) is 5.91 Å². The predicted octanol–water partition coefficient (Wildman–Crippen LogP) is 5.50. The second-order valence-corrected chi connectivity index (χ2v) is 6.82. The molecule has 150 valence electrons. The van der Waals surface area contributed by atoms with Crippen LogP contribution in [0.25, 0.3) is 0 Å². The first kappa shape index (κ1) is 22.0. The third-order valence-electron chi connectivity index (χ3n) is 3.78. The molecule has 0 saturated carbocycles. The number of alkyl halides is 3. The van der Waals surface area contributed by atoms with E-state index in [0.29, 0.717) is 17.1 Å². The molecule has 0 aromatic heterocycles. The highest BCUT2D eigenvalue weighted by Gasteiger charge is 2.30. The van der Waals surface area contributed by atoms with E-state index >= 15 is 0 Å². The molecule has 1 N–H and O–H groups in total. The summed E-state index contributed by atoms with van der Waals surface area (Å²) >= 11 is 11.9. The lowest BCUT2D eigenvalue weighted by Crippen LogP contribution is -2.38. The first-order valence-electron chi connectivity index (χ1n) is 8.33. The highest BCUT2D eigenvalue weighted by Crippen LogP contribution is 2.29. The van der Waals surface area contributed by atoms with Crippen LogP contribution in [0.4, 0.5) is 18.9 Å². The number of benzene rings is 2. The molecule has 0 heterocycles. The van der Waals surface area contributed by atoms with Crippen LogP contribution in [0, 0.1) is 0 Å². The van der Waals surface area contributed by atoms with Gasteiger partial charge in [0.05, 0.1) is 16.3 Å². The molecule has 0 bridgehead atoms. The molecule has 2 aromatic rings. The van der Waals surface area contributed by atoms with Gasteiger partial charge in [0.2, 0.25) is 5.91 Å². The number of hydrogen-bond donors (Lipinski definition) is 1. The average molecular weight is 433 g/mol. The summed E-state index contributed by atoms with van der Waals surface area (Å²) < 4.78 is 38.0. The summed E-state index contributed by atoms with van der Waals surface area (Å²) in [5.41, 5.74) is -0.480. The Bertz CT molecular complexity index is 855. The maximum atomic E-state index is 12.7. The van der Waals surface area contributed by atoms with Gasteiger partial charge in [-0.1, -0.05) is 30.1 Å². The van der Waals surface area contributed by atoms with Crippen LogP contribution in [0.1, 0.15) is 29.3 Å². The summed E-state index contributed by atoms with van der Waals surface area (Å²) in [5, 5.41) is 3.24. The summed E-state index contributed by atoms with van der Waals surface area (Å²) in [6.45, 7) is 1.80. The van der Waals surface area contributed by atoms with Crippen LogP contribution < -0.4 is 5.32 Å². The van der Waals surface area contributed by atoms with Crippen molar-refractivity contribution < 1.29 is 22.8 Å². The molecule has 0 radical (unpaired) electrons. The zero-order valence-corrected chi connectivity index (χ0v) is 16.3. The van der Waals surface area contributed by atoms with Crippen LogP contribution in [-0.4, -0.2) is 29.8 Å². The Hall–Kier alpha value is -2.25. The number of carbonyl (C=O) groups excluding carboxylic acids is 2. The minimum atomic E-state index is -4.49. The van der Waals surface area contributed by atoms with E-state index < -0.39 is 23.6 Å². The second kappa shape index (κ2) is 9.30. The largest absolute Gasteiger partial charge is 0.416 e. The number of nitrogens with one attached hydrogen (secondary N) is 1. The highest BCUT2D eigenvalue weighted by atomic mass is 35.5. The van der Waals surface area contributed by atoms with E-state index in [4.69, 9.17) is 23.2 Å². The van der Waals surface area contributed by atoms with Crippen LogP contribution in [0.2, 0.25) is 10.0 Å². The smallest absolute Gasteiger partial charge is 0.329 e. The molecule has 0 aliphatic heterocycles. The zero-order chi connectivity index (χ0) is 20.9. The van der Waals surface area contributed by atoms with E-state index in [-0.39, 0.29) is 23.7 Å². The number of anilines is 1. The van der Waals surface area contributed by atoms with Crippen molar-refractivity contribution in [1.29, 1.82) is 0 Å². The standard InChI is InChI=1S/C19H17Cl2F3N2O2/c1-2-9-26(11-17(27)25-16-10-14(20)7-8-15(16)21)18(28)12-3-5-13(6-4-12)19(22,23)24/h3-8,10H,2,9,11H2,1H3,(H,25,27). The van der Waals surface area contributed by atoms with Gasteiger partial charge in [-0.3, -0.25) is 9.59 Å². The topological polar surface area (TPSA) is 49.4 Å². The lowest BCUT2D eigenvalue weighted by atomic mass is 10.1. The Balaban J connectivity index is 2.12. The van der Waals surface area contributed by atoms with Gasteiger partial charge in [-0.05, 0) is 48.9 Å². The Morgan fingerprint density at radius 1 is 1.07 bits per heavy atom. The van der Waals surface area contributed by atoms with Crippen LogP contribution >= 0.6 is 23.2 Å². The van der Waals surface area contributed by atoms with Gasteiger partial charge < -0.3 is 10.2 Å². The van der Waals surface area contributed by atoms with Gasteiger partial charge in [0, 0.05) is 17.1 Å². The fourth-order valence-corrected chi connectivity index (χ4v) is 2.80. The summed E-state index contributed by atoms with van der Waals surface area (Å²) in [6, 6.07) is 8.43. The van der Waals surface area contributed by atoms with E-state index in [9.17, 15) is 22.8 Å². The lowest BCUT2D eigenvalue weighted by Gasteiger charge is -2.22. The third kappa shape index (κ3) is 5.87. The van der Waals surface area contributed by atoms with Crippen LogP contribution in [0.5, 0.6) is 0 Å². The third-order valence-corrected chi connectivity index (χ3v) is 4.34. The SMILES string of the molecule is CCCN(CC(=O)Nc1cc(Cl)ccc1Cl)C(=O)c1ccc(C(F)(F)F)cc1.